The lowest BCUT2D eigenvalue weighted by Crippen LogP contribution is -2.53. The van der Waals surface area contributed by atoms with Crippen LogP contribution >= 0.6 is 0 Å². The first-order valence-corrected chi connectivity index (χ1v) is 9.36. The minimum Gasteiger partial charge on any atom is -0.385 e. The molecule has 0 radical (unpaired) electrons. The zero-order chi connectivity index (χ0) is 17.0. The number of amides is 1. The molecule has 1 amide bonds. The van der Waals surface area contributed by atoms with Crippen molar-refractivity contribution < 1.29 is 9.90 Å². The zero-order valence-corrected chi connectivity index (χ0v) is 14.8. The second-order valence-corrected chi connectivity index (χ2v) is 7.53. The number of hydrogen-bond donors (Lipinski definition) is 1. The van der Waals surface area contributed by atoms with Crippen LogP contribution in [-0.2, 0) is 10.4 Å². The first-order chi connectivity index (χ1) is 11.6. The van der Waals surface area contributed by atoms with Gasteiger partial charge in [0.25, 0.3) is 0 Å². The van der Waals surface area contributed by atoms with Crippen LogP contribution in [0.4, 0.5) is 0 Å². The third-order valence-corrected chi connectivity index (χ3v) is 5.65. The van der Waals surface area contributed by atoms with Gasteiger partial charge in [-0.1, -0.05) is 49.6 Å². The van der Waals surface area contributed by atoms with Gasteiger partial charge < -0.3 is 10.0 Å². The lowest BCUT2D eigenvalue weighted by atomic mass is 9.91. The Morgan fingerprint density at radius 2 is 1.71 bits per heavy atom. The van der Waals surface area contributed by atoms with Crippen molar-refractivity contribution in [1.29, 1.82) is 0 Å². The van der Waals surface area contributed by atoms with Gasteiger partial charge in [0, 0.05) is 32.2 Å². The van der Waals surface area contributed by atoms with Crippen molar-refractivity contribution in [3.05, 3.63) is 35.9 Å². The number of aliphatic hydroxyl groups is 1. The molecule has 0 spiro atoms. The van der Waals surface area contributed by atoms with Gasteiger partial charge in [0.2, 0.25) is 5.91 Å². The highest BCUT2D eigenvalue weighted by Crippen LogP contribution is 2.26. The van der Waals surface area contributed by atoms with E-state index < -0.39 is 5.60 Å². The molecular formula is C20H30N2O2. The van der Waals surface area contributed by atoms with E-state index in [9.17, 15) is 9.90 Å². The van der Waals surface area contributed by atoms with Gasteiger partial charge in [0.1, 0.15) is 0 Å². The van der Waals surface area contributed by atoms with Gasteiger partial charge in [0.05, 0.1) is 12.0 Å². The second kappa shape index (κ2) is 7.66. The van der Waals surface area contributed by atoms with E-state index in [2.05, 4.69) is 4.90 Å². The maximum atomic E-state index is 12.6. The van der Waals surface area contributed by atoms with Crippen LogP contribution in [0.1, 0.15) is 51.0 Å². The van der Waals surface area contributed by atoms with Crippen molar-refractivity contribution in [1.82, 2.24) is 9.80 Å². The smallest absolute Gasteiger partial charge is 0.225 e. The van der Waals surface area contributed by atoms with Gasteiger partial charge >= 0.3 is 0 Å². The average molecular weight is 330 g/mol. The summed E-state index contributed by atoms with van der Waals surface area (Å²) >= 11 is 0. The summed E-state index contributed by atoms with van der Waals surface area (Å²) in [5, 5.41) is 10.7. The Morgan fingerprint density at radius 1 is 1.08 bits per heavy atom. The Labute approximate surface area is 145 Å². The highest BCUT2D eigenvalue weighted by atomic mass is 16.3. The molecular weight excluding hydrogens is 300 g/mol. The Bertz CT molecular complexity index is 530. The predicted molar refractivity (Wildman–Crippen MR) is 95.7 cm³/mol. The molecule has 0 bridgehead atoms. The summed E-state index contributed by atoms with van der Waals surface area (Å²) < 4.78 is 0. The number of rotatable bonds is 4. The van der Waals surface area contributed by atoms with E-state index in [1.807, 2.05) is 35.2 Å². The number of carbonyl (C=O) groups excluding carboxylic acids is 1. The first kappa shape index (κ1) is 17.4. The van der Waals surface area contributed by atoms with E-state index in [-0.39, 0.29) is 12.3 Å². The summed E-state index contributed by atoms with van der Waals surface area (Å²) in [6.45, 7) is 5.27. The van der Waals surface area contributed by atoms with E-state index in [1.165, 1.54) is 32.1 Å². The van der Waals surface area contributed by atoms with Gasteiger partial charge in [-0.2, -0.15) is 0 Å². The van der Waals surface area contributed by atoms with Crippen LogP contribution in [0.3, 0.4) is 0 Å². The van der Waals surface area contributed by atoms with Crippen LogP contribution in [0.5, 0.6) is 0 Å². The summed E-state index contributed by atoms with van der Waals surface area (Å²) in [5.74, 6) is 0.0622. The fourth-order valence-electron chi connectivity index (χ4n) is 4.09. The Hall–Kier alpha value is -1.39. The van der Waals surface area contributed by atoms with E-state index >= 15 is 0 Å². The molecule has 4 nitrogen and oxygen atoms in total. The van der Waals surface area contributed by atoms with Crippen molar-refractivity contribution in [2.24, 2.45) is 0 Å². The first-order valence-electron chi connectivity index (χ1n) is 9.36. The fourth-order valence-corrected chi connectivity index (χ4v) is 4.09. The molecule has 132 valence electrons. The van der Waals surface area contributed by atoms with Crippen molar-refractivity contribution in [2.75, 3.05) is 26.2 Å². The quantitative estimate of drug-likeness (QED) is 0.923. The number of nitrogens with zero attached hydrogens (tertiary/aromatic N) is 2. The monoisotopic (exact) mass is 330 g/mol. The third-order valence-electron chi connectivity index (χ3n) is 5.65. The minimum atomic E-state index is -1.10. The van der Waals surface area contributed by atoms with Crippen LogP contribution in [0, 0.1) is 0 Å². The summed E-state index contributed by atoms with van der Waals surface area (Å²) in [7, 11) is 0. The molecule has 4 heteroatoms. The Morgan fingerprint density at radius 3 is 2.33 bits per heavy atom. The lowest BCUT2D eigenvalue weighted by Gasteiger charge is -2.41. The van der Waals surface area contributed by atoms with Gasteiger partial charge in [0.15, 0.2) is 0 Å². The number of piperazine rings is 1. The maximum Gasteiger partial charge on any atom is 0.225 e. The molecule has 1 aliphatic heterocycles. The highest BCUT2D eigenvalue weighted by molar-refractivity contribution is 5.77. The van der Waals surface area contributed by atoms with Crippen LogP contribution in [-0.4, -0.2) is 53.0 Å². The molecule has 1 aromatic carbocycles. The molecule has 0 aromatic heterocycles. The van der Waals surface area contributed by atoms with Crippen LogP contribution in [0.25, 0.3) is 0 Å². The Balaban J connectivity index is 1.51. The van der Waals surface area contributed by atoms with E-state index in [0.29, 0.717) is 0 Å². The minimum absolute atomic E-state index is 0.0622. The van der Waals surface area contributed by atoms with Crippen molar-refractivity contribution in [2.45, 2.75) is 57.1 Å². The normalized spacial score (nSPS) is 23.0. The van der Waals surface area contributed by atoms with Gasteiger partial charge in [-0.05, 0) is 25.3 Å². The van der Waals surface area contributed by atoms with Gasteiger partial charge in [-0.3, -0.25) is 9.69 Å². The van der Waals surface area contributed by atoms with Crippen LogP contribution < -0.4 is 0 Å². The van der Waals surface area contributed by atoms with E-state index in [4.69, 9.17) is 0 Å². The van der Waals surface area contributed by atoms with Crippen LogP contribution in [0.15, 0.2) is 30.3 Å². The van der Waals surface area contributed by atoms with Gasteiger partial charge in [-0.25, -0.2) is 0 Å². The number of benzene rings is 1. The lowest BCUT2D eigenvalue weighted by molar-refractivity contribution is -0.138. The highest BCUT2D eigenvalue weighted by Gasteiger charge is 2.31. The van der Waals surface area contributed by atoms with Crippen molar-refractivity contribution in [3.8, 4) is 0 Å². The van der Waals surface area contributed by atoms with E-state index in [0.717, 1.165) is 37.8 Å². The molecule has 1 heterocycles. The molecule has 1 saturated heterocycles. The summed E-state index contributed by atoms with van der Waals surface area (Å²) in [6, 6.07) is 10.2. The topological polar surface area (TPSA) is 43.8 Å². The molecule has 1 aromatic rings. The second-order valence-electron chi connectivity index (χ2n) is 7.53. The van der Waals surface area contributed by atoms with Crippen molar-refractivity contribution >= 4 is 5.91 Å². The molecule has 2 aliphatic rings. The predicted octanol–water partition coefficient (Wildman–Crippen LogP) is 2.76. The van der Waals surface area contributed by atoms with Crippen LogP contribution in [0.2, 0.25) is 0 Å². The molecule has 1 aliphatic carbocycles. The number of hydrogen-bond acceptors (Lipinski definition) is 3. The summed E-state index contributed by atoms with van der Waals surface area (Å²) in [5.41, 5.74) is -0.294. The molecule has 2 fully saturated rings. The number of carbonyl (C=O) groups is 1. The third kappa shape index (κ3) is 4.17. The SMILES string of the molecule is CC(O)(CC(=O)N1CCN(C2CCCCC2)CC1)c1ccccc1. The average Bonchev–Trinajstić information content (AvgIpc) is 2.63. The summed E-state index contributed by atoms with van der Waals surface area (Å²) in [6.07, 6.45) is 6.87. The molecule has 3 rings (SSSR count). The molecule has 1 saturated carbocycles. The molecule has 1 unspecified atom stereocenters. The standard InChI is InChI=1S/C20H30N2O2/c1-20(24,17-8-4-2-5-9-17)16-19(23)22-14-12-21(13-15-22)18-10-6-3-7-11-18/h2,4-5,8-9,18,24H,3,6-7,10-16H2,1H3. The summed E-state index contributed by atoms with van der Waals surface area (Å²) in [4.78, 5) is 17.1. The largest absolute Gasteiger partial charge is 0.385 e. The molecule has 24 heavy (non-hydrogen) atoms. The zero-order valence-electron chi connectivity index (χ0n) is 14.8. The van der Waals surface area contributed by atoms with E-state index in [1.54, 1.807) is 6.92 Å². The fraction of sp³-hybridized carbons (Fsp3) is 0.650. The van der Waals surface area contributed by atoms with Crippen molar-refractivity contribution in [3.63, 3.8) is 0 Å². The van der Waals surface area contributed by atoms with Gasteiger partial charge in [-0.15, -0.1) is 0 Å². The maximum absolute atomic E-state index is 12.6. The molecule has 1 atom stereocenters. The Kier molecular flexibility index (Phi) is 5.57. The molecule has 1 N–H and O–H groups in total.